The average Bonchev–Trinajstić information content (AvgIpc) is 3.39. The molecule has 1 saturated carbocycles. The second-order valence-corrected chi connectivity index (χ2v) is 7.13. The molecule has 1 saturated heterocycles. The monoisotopic (exact) mass is 334 g/mol. The summed E-state index contributed by atoms with van der Waals surface area (Å²) in [5.74, 6) is 2.72. The Balaban J connectivity index is 1.46. The molecule has 0 N–H and O–H groups in total. The van der Waals surface area contributed by atoms with Crippen molar-refractivity contribution in [2.75, 3.05) is 11.4 Å². The van der Waals surface area contributed by atoms with Gasteiger partial charge in [-0.1, -0.05) is 24.6 Å². The summed E-state index contributed by atoms with van der Waals surface area (Å²) in [4.78, 5) is 2.47. The Labute approximate surface area is 147 Å². The number of aromatic nitrogens is 5. The number of fused-ring (bicyclic) bond motifs is 1. The van der Waals surface area contributed by atoms with Crippen LogP contribution in [-0.4, -0.2) is 37.1 Å². The lowest BCUT2D eigenvalue weighted by atomic mass is 10.1. The van der Waals surface area contributed by atoms with Gasteiger partial charge in [0.1, 0.15) is 0 Å². The minimum atomic E-state index is 0.655. The molecule has 2 fully saturated rings. The Morgan fingerprint density at radius 3 is 2.80 bits per heavy atom. The van der Waals surface area contributed by atoms with E-state index >= 15 is 0 Å². The number of anilines is 1. The number of nitrogens with zero attached hydrogens (tertiary/aromatic N) is 6. The fourth-order valence-electron chi connectivity index (χ4n) is 4.47. The van der Waals surface area contributed by atoms with Crippen LogP contribution in [0, 0.1) is 5.92 Å². The summed E-state index contributed by atoms with van der Waals surface area (Å²) in [6.07, 6.45) is 9.18. The van der Waals surface area contributed by atoms with Crippen molar-refractivity contribution in [3.63, 3.8) is 0 Å². The van der Waals surface area contributed by atoms with Crippen LogP contribution in [0.3, 0.4) is 0 Å². The number of hydrogen-bond donors (Lipinski definition) is 0. The van der Waals surface area contributed by atoms with Crippen LogP contribution in [-0.2, 0) is 7.05 Å². The van der Waals surface area contributed by atoms with Crippen LogP contribution in [0.25, 0.3) is 17.1 Å². The SMILES string of the molecule is Cn1c(-c2cnn(-c3ccccc3)c2)nnc1N1CCC2CCCC21. The topological polar surface area (TPSA) is 51.8 Å². The third-order valence-electron chi connectivity index (χ3n) is 5.73. The molecular formula is C19H22N6. The highest BCUT2D eigenvalue weighted by atomic mass is 15.4. The van der Waals surface area contributed by atoms with Crippen LogP contribution in [0.2, 0.25) is 0 Å². The van der Waals surface area contributed by atoms with Crippen molar-refractivity contribution < 1.29 is 0 Å². The molecule has 0 spiro atoms. The molecule has 1 aliphatic carbocycles. The maximum absolute atomic E-state index is 4.52. The van der Waals surface area contributed by atoms with Gasteiger partial charge in [0.25, 0.3) is 0 Å². The van der Waals surface area contributed by atoms with Gasteiger partial charge in [-0.25, -0.2) is 4.68 Å². The smallest absolute Gasteiger partial charge is 0.227 e. The molecule has 25 heavy (non-hydrogen) atoms. The predicted molar refractivity (Wildman–Crippen MR) is 96.7 cm³/mol. The van der Waals surface area contributed by atoms with Crippen molar-refractivity contribution in [3.8, 4) is 17.1 Å². The number of hydrogen-bond acceptors (Lipinski definition) is 4. The quantitative estimate of drug-likeness (QED) is 0.739. The van der Waals surface area contributed by atoms with Crippen molar-refractivity contribution in [3.05, 3.63) is 42.7 Å². The van der Waals surface area contributed by atoms with E-state index in [2.05, 4.69) is 31.8 Å². The Kier molecular flexibility index (Phi) is 3.36. The van der Waals surface area contributed by atoms with Gasteiger partial charge in [-0.2, -0.15) is 5.10 Å². The third kappa shape index (κ3) is 2.35. The van der Waals surface area contributed by atoms with E-state index in [-0.39, 0.29) is 0 Å². The first-order valence-electron chi connectivity index (χ1n) is 9.08. The zero-order valence-corrected chi connectivity index (χ0v) is 14.4. The molecule has 2 aromatic heterocycles. The highest BCUT2D eigenvalue weighted by Crippen LogP contribution is 2.40. The molecule has 3 aromatic rings. The number of para-hydroxylation sites is 1. The minimum Gasteiger partial charge on any atom is -0.338 e. The molecule has 3 heterocycles. The van der Waals surface area contributed by atoms with Crippen LogP contribution in [0.4, 0.5) is 5.95 Å². The summed E-state index contributed by atoms with van der Waals surface area (Å²) in [7, 11) is 2.06. The minimum absolute atomic E-state index is 0.655. The Morgan fingerprint density at radius 2 is 1.92 bits per heavy atom. The molecule has 2 unspecified atom stereocenters. The molecular weight excluding hydrogens is 312 g/mol. The predicted octanol–water partition coefficient (Wildman–Crippen LogP) is 3.05. The number of benzene rings is 1. The molecule has 1 aromatic carbocycles. The summed E-state index contributed by atoms with van der Waals surface area (Å²) in [5, 5.41) is 13.5. The van der Waals surface area contributed by atoms with Gasteiger partial charge in [0.2, 0.25) is 5.95 Å². The van der Waals surface area contributed by atoms with E-state index in [1.54, 1.807) is 0 Å². The van der Waals surface area contributed by atoms with E-state index in [9.17, 15) is 0 Å². The number of rotatable bonds is 3. The average molecular weight is 334 g/mol. The maximum Gasteiger partial charge on any atom is 0.227 e. The summed E-state index contributed by atoms with van der Waals surface area (Å²) in [6.45, 7) is 1.10. The van der Waals surface area contributed by atoms with Crippen molar-refractivity contribution >= 4 is 5.95 Å². The van der Waals surface area contributed by atoms with Gasteiger partial charge in [-0.15, -0.1) is 10.2 Å². The van der Waals surface area contributed by atoms with Crippen LogP contribution < -0.4 is 4.90 Å². The standard InChI is InChI=1S/C19H22N6/c1-23-18(15-12-20-25(13-15)16-7-3-2-4-8-16)21-22-19(23)24-11-10-14-6-5-9-17(14)24/h2-4,7-8,12-14,17H,5-6,9-11H2,1H3. The Morgan fingerprint density at radius 1 is 1.04 bits per heavy atom. The highest BCUT2D eigenvalue weighted by molar-refractivity contribution is 5.57. The van der Waals surface area contributed by atoms with Gasteiger partial charge in [0, 0.05) is 25.8 Å². The van der Waals surface area contributed by atoms with Gasteiger partial charge in [-0.3, -0.25) is 4.57 Å². The molecule has 5 rings (SSSR count). The van der Waals surface area contributed by atoms with Crippen LogP contribution in [0.5, 0.6) is 0 Å². The summed E-state index contributed by atoms with van der Waals surface area (Å²) in [5.41, 5.74) is 2.04. The third-order valence-corrected chi connectivity index (χ3v) is 5.73. The summed E-state index contributed by atoms with van der Waals surface area (Å²) >= 11 is 0. The van der Waals surface area contributed by atoms with Crippen molar-refractivity contribution in [1.29, 1.82) is 0 Å². The fourth-order valence-corrected chi connectivity index (χ4v) is 4.47. The molecule has 128 valence electrons. The van der Waals surface area contributed by atoms with E-state index in [4.69, 9.17) is 0 Å². The molecule has 0 radical (unpaired) electrons. The van der Waals surface area contributed by atoms with Crippen molar-refractivity contribution in [1.82, 2.24) is 24.5 Å². The summed E-state index contributed by atoms with van der Waals surface area (Å²) < 4.78 is 4.00. The second-order valence-electron chi connectivity index (χ2n) is 7.13. The zero-order chi connectivity index (χ0) is 16.8. The summed E-state index contributed by atoms with van der Waals surface area (Å²) in [6, 6.07) is 10.8. The Hall–Kier alpha value is -2.63. The van der Waals surface area contributed by atoms with E-state index in [0.717, 1.165) is 35.5 Å². The molecule has 0 amide bonds. The van der Waals surface area contributed by atoms with Gasteiger partial charge >= 0.3 is 0 Å². The van der Waals surface area contributed by atoms with Gasteiger partial charge < -0.3 is 4.90 Å². The normalized spacial score (nSPS) is 22.5. The maximum atomic E-state index is 4.52. The van der Waals surface area contributed by atoms with Crippen LogP contribution >= 0.6 is 0 Å². The molecule has 2 aliphatic rings. The van der Waals surface area contributed by atoms with Crippen molar-refractivity contribution in [2.24, 2.45) is 13.0 Å². The first-order chi connectivity index (χ1) is 12.3. The van der Waals surface area contributed by atoms with Gasteiger partial charge in [0.15, 0.2) is 5.82 Å². The van der Waals surface area contributed by atoms with E-state index in [0.29, 0.717) is 6.04 Å². The Bertz CT molecular complexity index is 880. The van der Waals surface area contributed by atoms with E-state index in [1.165, 1.54) is 25.7 Å². The first-order valence-corrected chi connectivity index (χ1v) is 9.08. The van der Waals surface area contributed by atoms with Crippen LogP contribution in [0.15, 0.2) is 42.7 Å². The highest BCUT2D eigenvalue weighted by Gasteiger charge is 2.39. The molecule has 0 bridgehead atoms. The lowest BCUT2D eigenvalue weighted by Gasteiger charge is -2.24. The van der Waals surface area contributed by atoms with Gasteiger partial charge in [-0.05, 0) is 37.3 Å². The second kappa shape index (κ2) is 5.72. The lowest BCUT2D eigenvalue weighted by molar-refractivity contribution is 0.537. The van der Waals surface area contributed by atoms with Gasteiger partial charge in [0.05, 0.1) is 17.4 Å². The van der Waals surface area contributed by atoms with Crippen LogP contribution in [0.1, 0.15) is 25.7 Å². The zero-order valence-electron chi connectivity index (χ0n) is 14.4. The van der Waals surface area contributed by atoms with E-state index in [1.807, 2.05) is 47.4 Å². The van der Waals surface area contributed by atoms with E-state index < -0.39 is 0 Å². The molecule has 1 aliphatic heterocycles. The first kappa shape index (κ1) is 14.7. The molecule has 2 atom stereocenters. The lowest BCUT2D eigenvalue weighted by Crippen LogP contribution is -2.32. The largest absolute Gasteiger partial charge is 0.338 e. The van der Waals surface area contributed by atoms with Crippen molar-refractivity contribution in [2.45, 2.75) is 31.7 Å². The molecule has 6 heteroatoms. The molecule has 6 nitrogen and oxygen atoms in total. The fraction of sp³-hybridized carbons (Fsp3) is 0.421.